The maximum atomic E-state index is 11.5. The van der Waals surface area contributed by atoms with Crippen LogP contribution in [0.1, 0.15) is 13.8 Å². The number of aliphatic hydroxyl groups excluding tert-OH is 1. The molecular formula is C10H12O8. The average Bonchev–Trinajstić information content (AvgIpc) is 2.51. The van der Waals surface area contributed by atoms with Crippen LogP contribution in [0.3, 0.4) is 0 Å². The van der Waals surface area contributed by atoms with E-state index in [2.05, 4.69) is 9.47 Å². The van der Waals surface area contributed by atoms with E-state index >= 15 is 0 Å². The smallest absolute Gasteiger partial charge is 0.343 e. The quantitative estimate of drug-likeness (QED) is 0.362. The second-order valence-electron chi connectivity index (χ2n) is 3.61. The van der Waals surface area contributed by atoms with E-state index < -0.39 is 48.6 Å². The third-order valence-corrected chi connectivity index (χ3v) is 2.12. The molecule has 0 saturated carbocycles. The monoisotopic (exact) mass is 260 g/mol. The third-order valence-electron chi connectivity index (χ3n) is 2.12. The third kappa shape index (κ3) is 3.27. The van der Waals surface area contributed by atoms with Crippen molar-refractivity contribution in [3.05, 3.63) is 0 Å². The van der Waals surface area contributed by atoms with Crippen molar-refractivity contribution in [1.82, 2.24) is 0 Å². The van der Waals surface area contributed by atoms with Gasteiger partial charge in [0.2, 0.25) is 18.0 Å². The van der Waals surface area contributed by atoms with Crippen LogP contribution in [0.15, 0.2) is 0 Å². The Morgan fingerprint density at radius 1 is 1.33 bits per heavy atom. The molecule has 18 heavy (non-hydrogen) atoms. The fourth-order valence-electron chi connectivity index (χ4n) is 1.37. The zero-order valence-corrected chi connectivity index (χ0v) is 9.74. The van der Waals surface area contributed by atoms with Crippen LogP contribution in [0.25, 0.3) is 0 Å². The number of ketones is 1. The van der Waals surface area contributed by atoms with Crippen molar-refractivity contribution in [2.24, 2.45) is 0 Å². The molecule has 0 bridgehead atoms. The van der Waals surface area contributed by atoms with Gasteiger partial charge in [-0.05, 0) is 0 Å². The van der Waals surface area contributed by atoms with E-state index in [1.54, 1.807) is 0 Å². The summed E-state index contributed by atoms with van der Waals surface area (Å²) in [6, 6.07) is 0. The molecule has 3 atom stereocenters. The lowest BCUT2D eigenvalue weighted by atomic mass is 10.1. The molecule has 0 amide bonds. The highest BCUT2D eigenvalue weighted by atomic mass is 16.6. The predicted molar refractivity (Wildman–Crippen MR) is 53.1 cm³/mol. The summed E-state index contributed by atoms with van der Waals surface area (Å²) in [7, 11) is 0. The normalized spacial score (nSPS) is 24.4. The Balaban J connectivity index is 2.76. The highest BCUT2D eigenvalue weighted by Gasteiger charge is 2.48. The van der Waals surface area contributed by atoms with Gasteiger partial charge in [-0.15, -0.1) is 0 Å². The van der Waals surface area contributed by atoms with Crippen LogP contribution in [0.2, 0.25) is 0 Å². The number of rotatable bonds is 4. The first-order chi connectivity index (χ1) is 8.32. The SMILES string of the molecule is CC(=O)OC[C@H](OC(C)=O)[C@H]1OC(=O)C(O)C1=O. The summed E-state index contributed by atoms with van der Waals surface area (Å²) in [4.78, 5) is 43.9. The zero-order valence-electron chi connectivity index (χ0n) is 9.74. The number of carbonyl (C=O) groups excluding carboxylic acids is 4. The van der Waals surface area contributed by atoms with Gasteiger partial charge in [0, 0.05) is 13.8 Å². The lowest BCUT2D eigenvalue weighted by molar-refractivity contribution is -0.169. The molecule has 0 aromatic carbocycles. The van der Waals surface area contributed by atoms with Crippen LogP contribution in [0, 0.1) is 0 Å². The second-order valence-corrected chi connectivity index (χ2v) is 3.61. The number of hydrogen-bond donors (Lipinski definition) is 1. The van der Waals surface area contributed by atoms with Crippen molar-refractivity contribution in [3.63, 3.8) is 0 Å². The largest absolute Gasteiger partial charge is 0.462 e. The summed E-state index contributed by atoms with van der Waals surface area (Å²) in [6.07, 6.45) is -4.62. The van der Waals surface area contributed by atoms with Crippen molar-refractivity contribution in [1.29, 1.82) is 0 Å². The van der Waals surface area contributed by atoms with Crippen molar-refractivity contribution in [3.8, 4) is 0 Å². The van der Waals surface area contributed by atoms with E-state index in [1.165, 1.54) is 0 Å². The standard InChI is InChI=1S/C10H12O8/c1-4(11)16-3-6(17-5(2)12)9-7(13)8(14)10(15)18-9/h6,8-9,14H,3H2,1-2H3/t6-,8?,9+/m0/s1. The summed E-state index contributed by atoms with van der Waals surface area (Å²) in [5, 5.41) is 9.12. The Morgan fingerprint density at radius 2 is 1.94 bits per heavy atom. The molecule has 8 nitrogen and oxygen atoms in total. The van der Waals surface area contributed by atoms with Gasteiger partial charge < -0.3 is 19.3 Å². The summed E-state index contributed by atoms with van der Waals surface area (Å²) in [5.74, 6) is -3.44. The molecule has 1 fully saturated rings. The van der Waals surface area contributed by atoms with Crippen LogP contribution >= 0.6 is 0 Å². The Hall–Kier alpha value is -1.96. The molecule has 100 valence electrons. The van der Waals surface area contributed by atoms with E-state index in [9.17, 15) is 19.2 Å². The first-order valence-corrected chi connectivity index (χ1v) is 5.05. The molecule has 0 spiro atoms. The fourth-order valence-corrected chi connectivity index (χ4v) is 1.37. The maximum absolute atomic E-state index is 11.5. The first-order valence-electron chi connectivity index (χ1n) is 5.05. The minimum atomic E-state index is -1.90. The van der Waals surface area contributed by atoms with Gasteiger partial charge in [-0.25, -0.2) is 4.79 Å². The molecule has 0 aromatic heterocycles. The zero-order chi connectivity index (χ0) is 13.9. The number of esters is 3. The predicted octanol–water partition coefficient (Wildman–Crippen LogP) is -1.66. The highest BCUT2D eigenvalue weighted by Crippen LogP contribution is 2.17. The average molecular weight is 260 g/mol. The van der Waals surface area contributed by atoms with Gasteiger partial charge in [-0.1, -0.05) is 0 Å². The van der Waals surface area contributed by atoms with Crippen molar-refractivity contribution < 1.29 is 38.5 Å². The molecule has 0 aliphatic carbocycles. The highest BCUT2D eigenvalue weighted by molar-refractivity contribution is 6.09. The maximum Gasteiger partial charge on any atom is 0.343 e. The molecular weight excluding hydrogens is 248 g/mol. The number of cyclic esters (lactones) is 1. The molecule has 1 unspecified atom stereocenters. The van der Waals surface area contributed by atoms with E-state index in [0.717, 1.165) is 13.8 Å². The molecule has 0 radical (unpaired) electrons. The van der Waals surface area contributed by atoms with E-state index in [-0.39, 0.29) is 0 Å². The van der Waals surface area contributed by atoms with E-state index in [1.807, 2.05) is 0 Å². The minimum absolute atomic E-state index is 0.439. The molecule has 1 rings (SSSR count). The van der Waals surface area contributed by atoms with Crippen LogP contribution < -0.4 is 0 Å². The Kier molecular flexibility index (Phi) is 4.38. The molecule has 1 aliphatic rings. The number of carbonyl (C=O) groups is 4. The van der Waals surface area contributed by atoms with Gasteiger partial charge in [-0.2, -0.15) is 0 Å². The summed E-state index contributed by atoms with van der Waals surface area (Å²) < 4.78 is 13.9. The molecule has 1 saturated heterocycles. The van der Waals surface area contributed by atoms with Crippen molar-refractivity contribution >= 4 is 23.7 Å². The summed E-state index contributed by atoms with van der Waals surface area (Å²) in [6.45, 7) is 1.77. The molecule has 8 heteroatoms. The van der Waals surface area contributed by atoms with Gasteiger partial charge in [-0.3, -0.25) is 14.4 Å². The number of ether oxygens (including phenoxy) is 3. The Bertz CT molecular complexity index is 387. The minimum Gasteiger partial charge on any atom is -0.462 e. The Labute approximate surface area is 102 Å². The molecule has 1 heterocycles. The van der Waals surface area contributed by atoms with Crippen molar-refractivity contribution in [2.45, 2.75) is 32.2 Å². The fraction of sp³-hybridized carbons (Fsp3) is 0.600. The van der Waals surface area contributed by atoms with Crippen LogP contribution in [-0.2, 0) is 33.4 Å². The second kappa shape index (κ2) is 5.58. The Morgan fingerprint density at radius 3 is 2.33 bits per heavy atom. The summed E-state index contributed by atoms with van der Waals surface area (Å²) in [5.41, 5.74) is 0. The topological polar surface area (TPSA) is 116 Å². The van der Waals surface area contributed by atoms with Gasteiger partial charge in [0.15, 0.2) is 6.10 Å². The first kappa shape index (κ1) is 14.1. The van der Waals surface area contributed by atoms with Gasteiger partial charge in [0.1, 0.15) is 6.61 Å². The van der Waals surface area contributed by atoms with Crippen LogP contribution in [0.5, 0.6) is 0 Å². The summed E-state index contributed by atoms with van der Waals surface area (Å²) >= 11 is 0. The van der Waals surface area contributed by atoms with Gasteiger partial charge >= 0.3 is 17.9 Å². The van der Waals surface area contributed by atoms with Crippen molar-refractivity contribution in [2.75, 3.05) is 6.61 Å². The van der Waals surface area contributed by atoms with Gasteiger partial charge in [0.05, 0.1) is 0 Å². The molecule has 1 N–H and O–H groups in total. The number of aliphatic hydroxyl groups is 1. The molecule has 0 aromatic rings. The molecule has 1 aliphatic heterocycles. The number of Topliss-reactive ketones (excluding diaryl/α,β-unsaturated/α-hetero) is 1. The van der Waals surface area contributed by atoms with Crippen LogP contribution in [0.4, 0.5) is 0 Å². The van der Waals surface area contributed by atoms with Crippen LogP contribution in [-0.4, -0.2) is 53.7 Å². The lowest BCUT2D eigenvalue weighted by Crippen LogP contribution is -2.40. The van der Waals surface area contributed by atoms with Gasteiger partial charge in [0.25, 0.3) is 0 Å². The van der Waals surface area contributed by atoms with E-state index in [4.69, 9.17) is 9.84 Å². The van der Waals surface area contributed by atoms with E-state index in [0.29, 0.717) is 0 Å². The lowest BCUT2D eigenvalue weighted by Gasteiger charge is -2.20. The number of hydrogen-bond acceptors (Lipinski definition) is 8.